The van der Waals surface area contributed by atoms with Crippen molar-refractivity contribution in [2.24, 2.45) is 0 Å². The maximum Gasteiger partial charge on any atom is 0.310 e. The van der Waals surface area contributed by atoms with E-state index in [2.05, 4.69) is 4.98 Å². The number of benzene rings is 2. The van der Waals surface area contributed by atoms with Crippen molar-refractivity contribution in [3.8, 4) is 22.1 Å². The molecule has 26 heavy (non-hydrogen) atoms. The van der Waals surface area contributed by atoms with Gasteiger partial charge in [-0.05, 0) is 29.8 Å². The summed E-state index contributed by atoms with van der Waals surface area (Å²) in [6.07, 6.45) is 0.219. The van der Waals surface area contributed by atoms with Gasteiger partial charge in [0.1, 0.15) is 23.1 Å². The van der Waals surface area contributed by atoms with Crippen LogP contribution in [0.15, 0.2) is 53.9 Å². The summed E-state index contributed by atoms with van der Waals surface area (Å²) in [5.41, 5.74) is 2.59. The van der Waals surface area contributed by atoms with Crippen LogP contribution in [0.5, 0.6) is 11.5 Å². The highest BCUT2D eigenvalue weighted by molar-refractivity contribution is 7.13. The standard InChI is InChI=1S/C20H19NO4S/c1-23-17-8-6-14(7-9-17)10-19(22)25-12-16-13-26-20(21-16)15-4-3-5-18(11-15)24-2/h3-9,11,13H,10,12H2,1-2H3. The lowest BCUT2D eigenvalue weighted by Gasteiger charge is -2.04. The first-order chi connectivity index (χ1) is 12.7. The third kappa shape index (κ3) is 4.61. The van der Waals surface area contributed by atoms with Crippen molar-refractivity contribution >= 4 is 17.3 Å². The average molecular weight is 369 g/mol. The largest absolute Gasteiger partial charge is 0.497 e. The van der Waals surface area contributed by atoms with Gasteiger partial charge < -0.3 is 14.2 Å². The van der Waals surface area contributed by atoms with E-state index in [-0.39, 0.29) is 19.0 Å². The van der Waals surface area contributed by atoms with Gasteiger partial charge in [-0.15, -0.1) is 11.3 Å². The van der Waals surface area contributed by atoms with Gasteiger partial charge in [0.05, 0.1) is 26.3 Å². The second kappa shape index (κ2) is 8.49. The zero-order chi connectivity index (χ0) is 18.4. The highest BCUT2D eigenvalue weighted by Crippen LogP contribution is 2.27. The zero-order valence-corrected chi connectivity index (χ0v) is 15.4. The Bertz CT molecular complexity index is 874. The molecule has 0 amide bonds. The number of hydrogen-bond acceptors (Lipinski definition) is 6. The molecule has 0 N–H and O–H groups in total. The molecule has 0 fully saturated rings. The Labute approximate surface area is 156 Å². The number of ether oxygens (including phenoxy) is 3. The average Bonchev–Trinajstić information content (AvgIpc) is 3.16. The fourth-order valence-electron chi connectivity index (χ4n) is 2.38. The van der Waals surface area contributed by atoms with E-state index < -0.39 is 0 Å². The topological polar surface area (TPSA) is 57.7 Å². The number of hydrogen-bond donors (Lipinski definition) is 0. The molecule has 1 heterocycles. The number of aromatic nitrogens is 1. The first-order valence-electron chi connectivity index (χ1n) is 8.05. The first-order valence-corrected chi connectivity index (χ1v) is 8.93. The molecule has 1 aromatic heterocycles. The molecule has 0 saturated carbocycles. The van der Waals surface area contributed by atoms with Crippen LogP contribution < -0.4 is 9.47 Å². The van der Waals surface area contributed by atoms with Crippen LogP contribution in [0.2, 0.25) is 0 Å². The normalized spacial score (nSPS) is 10.4. The van der Waals surface area contributed by atoms with Gasteiger partial charge in [-0.2, -0.15) is 0 Å². The van der Waals surface area contributed by atoms with Crippen molar-refractivity contribution in [3.63, 3.8) is 0 Å². The summed E-state index contributed by atoms with van der Waals surface area (Å²) in [4.78, 5) is 16.5. The second-order valence-corrected chi connectivity index (χ2v) is 6.42. The number of thiazole rings is 1. The minimum atomic E-state index is -0.286. The van der Waals surface area contributed by atoms with Crippen LogP contribution in [-0.4, -0.2) is 25.2 Å². The lowest BCUT2D eigenvalue weighted by Crippen LogP contribution is -2.08. The van der Waals surface area contributed by atoms with E-state index in [0.29, 0.717) is 0 Å². The number of nitrogens with zero attached hydrogens (tertiary/aromatic N) is 1. The van der Waals surface area contributed by atoms with Gasteiger partial charge in [0.2, 0.25) is 0 Å². The molecule has 3 rings (SSSR count). The van der Waals surface area contributed by atoms with Crippen molar-refractivity contribution in [2.75, 3.05) is 14.2 Å². The molecule has 0 aliphatic carbocycles. The van der Waals surface area contributed by atoms with E-state index >= 15 is 0 Å². The van der Waals surface area contributed by atoms with Crippen LogP contribution in [0.3, 0.4) is 0 Å². The van der Waals surface area contributed by atoms with Gasteiger partial charge in [-0.3, -0.25) is 4.79 Å². The molecule has 0 bridgehead atoms. The molecule has 5 nitrogen and oxygen atoms in total. The van der Waals surface area contributed by atoms with Crippen molar-refractivity contribution in [3.05, 3.63) is 65.2 Å². The molecule has 0 saturated heterocycles. The Kier molecular flexibility index (Phi) is 5.86. The summed E-state index contributed by atoms with van der Waals surface area (Å²) in [6, 6.07) is 15.1. The smallest absolute Gasteiger partial charge is 0.310 e. The molecule has 0 atom stereocenters. The maximum atomic E-state index is 12.0. The lowest BCUT2D eigenvalue weighted by molar-refractivity contribution is -0.144. The summed E-state index contributed by atoms with van der Waals surface area (Å²) in [5, 5.41) is 2.76. The van der Waals surface area contributed by atoms with Gasteiger partial charge in [0.25, 0.3) is 0 Å². The molecular formula is C20H19NO4S. The van der Waals surface area contributed by atoms with Crippen LogP contribution in [0, 0.1) is 0 Å². The van der Waals surface area contributed by atoms with Crippen molar-refractivity contribution in [1.29, 1.82) is 0 Å². The van der Waals surface area contributed by atoms with Crippen LogP contribution in [0.25, 0.3) is 10.6 Å². The van der Waals surface area contributed by atoms with Crippen LogP contribution in [0.1, 0.15) is 11.3 Å². The summed E-state index contributed by atoms with van der Waals surface area (Å²) in [5.74, 6) is 1.26. The lowest BCUT2D eigenvalue weighted by atomic mass is 10.1. The number of carbonyl (C=O) groups excluding carboxylic acids is 1. The number of rotatable bonds is 7. The predicted molar refractivity (Wildman–Crippen MR) is 101 cm³/mol. The first kappa shape index (κ1) is 17.9. The number of methoxy groups -OCH3 is 2. The maximum absolute atomic E-state index is 12.0. The minimum Gasteiger partial charge on any atom is -0.497 e. The van der Waals surface area contributed by atoms with Gasteiger partial charge in [-0.1, -0.05) is 24.3 Å². The fraction of sp³-hybridized carbons (Fsp3) is 0.200. The Morgan fingerprint density at radius 2 is 1.81 bits per heavy atom. The van der Waals surface area contributed by atoms with Crippen LogP contribution >= 0.6 is 11.3 Å². The zero-order valence-electron chi connectivity index (χ0n) is 14.6. The van der Waals surface area contributed by atoms with E-state index in [1.54, 1.807) is 14.2 Å². The molecule has 134 valence electrons. The third-order valence-corrected chi connectivity index (χ3v) is 4.70. The molecule has 0 unspecified atom stereocenters. The molecule has 0 spiro atoms. The van der Waals surface area contributed by atoms with E-state index in [0.717, 1.165) is 33.3 Å². The highest BCUT2D eigenvalue weighted by atomic mass is 32.1. The van der Waals surface area contributed by atoms with Crippen molar-refractivity contribution in [1.82, 2.24) is 4.98 Å². The Balaban J connectivity index is 1.56. The molecular weight excluding hydrogens is 350 g/mol. The number of esters is 1. The van der Waals surface area contributed by atoms with E-state index in [1.807, 2.05) is 53.9 Å². The van der Waals surface area contributed by atoms with Crippen molar-refractivity contribution in [2.45, 2.75) is 13.0 Å². The van der Waals surface area contributed by atoms with E-state index in [1.165, 1.54) is 11.3 Å². The second-order valence-electron chi connectivity index (χ2n) is 5.56. The molecule has 2 aromatic carbocycles. The van der Waals surface area contributed by atoms with Gasteiger partial charge in [-0.25, -0.2) is 4.98 Å². The summed E-state index contributed by atoms with van der Waals surface area (Å²) >= 11 is 1.51. The highest BCUT2D eigenvalue weighted by Gasteiger charge is 2.09. The molecule has 3 aromatic rings. The minimum absolute atomic E-state index is 0.162. The monoisotopic (exact) mass is 369 g/mol. The van der Waals surface area contributed by atoms with E-state index in [9.17, 15) is 4.79 Å². The van der Waals surface area contributed by atoms with Gasteiger partial charge in [0.15, 0.2) is 0 Å². The summed E-state index contributed by atoms with van der Waals surface area (Å²) < 4.78 is 15.7. The third-order valence-electron chi connectivity index (χ3n) is 3.76. The fourth-order valence-corrected chi connectivity index (χ4v) is 3.18. The number of carbonyl (C=O) groups is 1. The quantitative estimate of drug-likeness (QED) is 0.587. The summed E-state index contributed by atoms with van der Waals surface area (Å²) in [6.45, 7) is 0.162. The van der Waals surface area contributed by atoms with Crippen LogP contribution in [-0.2, 0) is 22.6 Å². The SMILES string of the molecule is COc1ccc(CC(=O)OCc2csc(-c3cccc(OC)c3)n2)cc1. The molecule has 0 radical (unpaired) electrons. The predicted octanol–water partition coefficient (Wildman–Crippen LogP) is 4.11. The van der Waals surface area contributed by atoms with Gasteiger partial charge >= 0.3 is 5.97 Å². The Hall–Kier alpha value is -2.86. The summed E-state index contributed by atoms with van der Waals surface area (Å²) in [7, 11) is 3.24. The molecule has 0 aliphatic rings. The molecule has 0 aliphatic heterocycles. The van der Waals surface area contributed by atoms with E-state index in [4.69, 9.17) is 14.2 Å². The van der Waals surface area contributed by atoms with Crippen molar-refractivity contribution < 1.29 is 19.0 Å². The molecule has 6 heteroatoms. The Morgan fingerprint density at radius 1 is 1.04 bits per heavy atom. The van der Waals surface area contributed by atoms with Gasteiger partial charge in [0, 0.05) is 10.9 Å². The Morgan fingerprint density at radius 3 is 2.54 bits per heavy atom. The van der Waals surface area contributed by atoms with Crippen LogP contribution in [0.4, 0.5) is 0 Å².